The standard InChI is InChI=1S/C9H13NO/c1-10(2)9(11)8-6-4-3-5-7-8/h3-4,7H,5-6H2,1-2H3. The molecule has 0 N–H and O–H groups in total. The fraction of sp³-hybridized carbons (Fsp3) is 0.444. The molecule has 0 spiro atoms. The van der Waals surface area contributed by atoms with E-state index >= 15 is 0 Å². The number of carbonyl (C=O) groups excluding carboxylic acids is 1. The third kappa shape index (κ3) is 1.93. The highest BCUT2D eigenvalue weighted by molar-refractivity contribution is 5.93. The van der Waals surface area contributed by atoms with Gasteiger partial charge in [-0.05, 0) is 12.8 Å². The van der Waals surface area contributed by atoms with Gasteiger partial charge >= 0.3 is 0 Å². The molecule has 0 aromatic carbocycles. The van der Waals surface area contributed by atoms with Crippen molar-refractivity contribution in [3.05, 3.63) is 23.8 Å². The van der Waals surface area contributed by atoms with E-state index < -0.39 is 0 Å². The van der Waals surface area contributed by atoms with Gasteiger partial charge in [-0.25, -0.2) is 0 Å². The van der Waals surface area contributed by atoms with Crippen molar-refractivity contribution in [3.63, 3.8) is 0 Å². The van der Waals surface area contributed by atoms with Gasteiger partial charge in [0, 0.05) is 19.7 Å². The molecule has 1 amide bonds. The van der Waals surface area contributed by atoms with Crippen LogP contribution in [0.3, 0.4) is 0 Å². The lowest BCUT2D eigenvalue weighted by Crippen LogP contribution is -2.23. The van der Waals surface area contributed by atoms with Gasteiger partial charge in [-0.3, -0.25) is 4.79 Å². The molecule has 0 bridgehead atoms. The van der Waals surface area contributed by atoms with Gasteiger partial charge in [0.15, 0.2) is 0 Å². The quantitative estimate of drug-likeness (QED) is 0.518. The Balaban J connectivity index is 2.61. The van der Waals surface area contributed by atoms with Crippen LogP contribution in [0.5, 0.6) is 0 Å². The van der Waals surface area contributed by atoms with Gasteiger partial charge in [-0.2, -0.15) is 0 Å². The van der Waals surface area contributed by atoms with Gasteiger partial charge in [0.2, 0.25) is 5.91 Å². The summed E-state index contributed by atoms with van der Waals surface area (Å²) in [6.45, 7) is 0. The fourth-order valence-corrected chi connectivity index (χ4v) is 1.06. The Hall–Kier alpha value is -1.05. The molecule has 0 heterocycles. The molecule has 0 aromatic heterocycles. The lowest BCUT2D eigenvalue weighted by Gasteiger charge is -2.13. The van der Waals surface area contributed by atoms with E-state index in [2.05, 4.69) is 6.08 Å². The van der Waals surface area contributed by atoms with Crippen LogP contribution in [0.4, 0.5) is 0 Å². The van der Waals surface area contributed by atoms with Gasteiger partial charge in [-0.15, -0.1) is 0 Å². The van der Waals surface area contributed by atoms with Crippen molar-refractivity contribution in [2.75, 3.05) is 14.1 Å². The molecule has 2 heteroatoms. The predicted molar refractivity (Wildman–Crippen MR) is 45.2 cm³/mol. The average Bonchev–Trinajstić information content (AvgIpc) is 2.05. The minimum absolute atomic E-state index is 0.134. The van der Waals surface area contributed by atoms with Crippen LogP contribution in [0, 0.1) is 0 Å². The van der Waals surface area contributed by atoms with E-state index in [0.29, 0.717) is 0 Å². The zero-order chi connectivity index (χ0) is 8.27. The molecule has 0 atom stereocenters. The van der Waals surface area contributed by atoms with Crippen LogP contribution >= 0.6 is 0 Å². The number of likely N-dealkylation sites (N-methyl/N-ethyl adjacent to an activating group) is 1. The van der Waals surface area contributed by atoms with Gasteiger partial charge in [0.25, 0.3) is 0 Å². The Morgan fingerprint density at radius 2 is 2.18 bits per heavy atom. The minimum atomic E-state index is 0.134. The highest BCUT2D eigenvalue weighted by Crippen LogP contribution is 2.12. The number of carbonyl (C=O) groups is 1. The largest absolute Gasteiger partial charge is 0.345 e. The monoisotopic (exact) mass is 151 g/mol. The van der Waals surface area contributed by atoms with Gasteiger partial charge in [0.1, 0.15) is 0 Å². The molecule has 2 nitrogen and oxygen atoms in total. The van der Waals surface area contributed by atoms with E-state index in [-0.39, 0.29) is 5.91 Å². The number of rotatable bonds is 1. The maximum atomic E-state index is 11.3. The summed E-state index contributed by atoms with van der Waals surface area (Å²) >= 11 is 0. The summed E-state index contributed by atoms with van der Waals surface area (Å²) in [5.41, 5.74) is 0.914. The van der Waals surface area contributed by atoms with Crippen LogP contribution in [0.15, 0.2) is 23.8 Å². The van der Waals surface area contributed by atoms with E-state index in [4.69, 9.17) is 0 Å². The summed E-state index contributed by atoms with van der Waals surface area (Å²) in [5.74, 6) is 0.134. The molecule has 0 aliphatic heterocycles. The fourth-order valence-electron chi connectivity index (χ4n) is 1.06. The van der Waals surface area contributed by atoms with Gasteiger partial charge in [-0.1, -0.05) is 18.2 Å². The van der Waals surface area contributed by atoms with Crippen molar-refractivity contribution in [3.8, 4) is 0 Å². The molecule has 1 aliphatic carbocycles. The summed E-state index contributed by atoms with van der Waals surface area (Å²) in [6, 6.07) is 0. The molecular weight excluding hydrogens is 138 g/mol. The Labute approximate surface area is 67.2 Å². The third-order valence-corrected chi connectivity index (χ3v) is 1.69. The Morgan fingerprint density at radius 1 is 1.45 bits per heavy atom. The zero-order valence-electron chi connectivity index (χ0n) is 7.00. The minimum Gasteiger partial charge on any atom is -0.345 e. The van der Waals surface area contributed by atoms with E-state index in [1.54, 1.807) is 19.0 Å². The zero-order valence-corrected chi connectivity index (χ0v) is 7.00. The van der Waals surface area contributed by atoms with Crippen molar-refractivity contribution < 1.29 is 4.79 Å². The maximum absolute atomic E-state index is 11.3. The van der Waals surface area contributed by atoms with Crippen LogP contribution in [0.2, 0.25) is 0 Å². The molecule has 60 valence electrons. The van der Waals surface area contributed by atoms with Crippen molar-refractivity contribution in [2.24, 2.45) is 0 Å². The first-order valence-corrected chi connectivity index (χ1v) is 3.77. The molecule has 0 radical (unpaired) electrons. The average molecular weight is 151 g/mol. The molecule has 11 heavy (non-hydrogen) atoms. The lowest BCUT2D eigenvalue weighted by atomic mass is 10.1. The third-order valence-electron chi connectivity index (χ3n) is 1.69. The molecule has 0 saturated heterocycles. The SMILES string of the molecule is CN(C)C(=O)C1=CCC=CC1. The second-order valence-electron chi connectivity index (χ2n) is 2.84. The van der Waals surface area contributed by atoms with Gasteiger partial charge < -0.3 is 4.90 Å². The number of hydrogen-bond acceptors (Lipinski definition) is 1. The maximum Gasteiger partial charge on any atom is 0.249 e. The van der Waals surface area contributed by atoms with Crippen LogP contribution in [-0.4, -0.2) is 24.9 Å². The summed E-state index contributed by atoms with van der Waals surface area (Å²) < 4.78 is 0. The molecule has 0 fully saturated rings. The molecule has 0 saturated carbocycles. The van der Waals surface area contributed by atoms with Crippen LogP contribution < -0.4 is 0 Å². The van der Waals surface area contributed by atoms with Crippen molar-refractivity contribution in [2.45, 2.75) is 12.8 Å². The second kappa shape index (κ2) is 3.37. The summed E-state index contributed by atoms with van der Waals surface area (Å²) in [7, 11) is 3.56. The smallest absolute Gasteiger partial charge is 0.249 e. The van der Waals surface area contributed by atoms with Crippen LogP contribution in [0.25, 0.3) is 0 Å². The van der Waals surface area contributed by atoms with E-state index in [0.717, 1.165) is 18.4 Å². The summed E-state index contributed by atoms with van der Waals surface area (Å²) in [4.78, 5) is 12.9. The summed E-state index contributed by atoms with van der Waals surface area (Å²) in [6.07, 6.45) is 7.79. The van der Waals surface area contributed by atoms with E-state index in [9.17, 15) is 4.79 Å². The number of allylic oxidation sites excluding steroid dienone is 3. The van der Waals surface area contributed by atoms with E-state index in [1.807, 2.05) is 12.2 Å². The normalized spacial score (nSPS) is 16.0. The lowest BCUT2D eigenvalue weighted by molar-refractivity contribution is -0.124. The first-order valence-electron chi connectivity index (χ1n) is 3.77. The van der Waals surface area contributed by atoms with Crippen molar-refractivity contribution in [1.82, 2.24) is 4.90 Å². The Morgan fingerprint density at radius 3 is 2.64 bits per heavy atom. The second-order valence-corrected chi connectivity index (χ2v) is 2.84. The van der Waals surface area contributed by atoms with E-state index in [1.165, 1.54) is 0 Å². The Kier molecular flexibility index (Phi) is 2.47. The first kappa shape index (κ1) is 8.05. The number of hydrogen-bond donors (Lipinski definition) is 0. The molecule has 0 unspecified atom stereocenters. The number of nitrogens with zero attached hydrogens (tertiary/aromatic N) is 1. The highest BCUT2D eigenvalue weighted by atomic mass is 16.2. The van der Waals surface area contributed by atoms with Crippen LogP contribution in [-0.2, 0) is 4.79 Å². The Bertz CT molecular complexity index is 214. The van der Waals surface area contributed by atoms with Crippen molar-refractivity contribution >= 4 is 5.91 Å². The number of amides is 1. The topological polar surface area (TPSA) is 20.3 Å². The van der Waals surface area contributed by atoms with Gasteiger partial charge in [0.05, 0.1) is 0 Å². The first-order chi connectivity index (χ1) is 5.22. The highest BCUT2D eigenvalue weighted by Gasteiger charge is 2.10. The predicted octanol–water partition coefficient (Wildman–Crippen LogP) is 1.35. The summed E-state index contributed by atoms with van der Waals surface area (Å²) in [5, 5.41) is 0. The molecule has 1 rings (SSSR count). The molecule has 1 aliphatic rings. The molecular formula is C9H13NO. The van der Waals surface area contributed by atoms with Crippen molar-refractivity contribution in [1.29, 1.82) is 0 Å². The van der Waals surface area contributed by atoms with Crippen LogP contribution in [0.1, 0.15) is 12.8 Å². The molecule has 0 aromatic rings.